The predicted molar refractivity (Wildman–Crippen MR) is 78.3 cm³/mol. The highest BCUT2D eigenvalue weighted by atomic mass is 79.9. The lowest BCUT2D eigenvalue weighted by Crippen LogP contribution is -1.97. The maximum atomic E-state index is 13.7. The first kappa shape index (κ1) is 15.5. The lowest BCUT2D eigenvalue weighted by Gasteiger charge is -2.06. The van der Waals surface area contributed by atoms with Crippen LogP contribution < -0.4 is 0 Å². The van der Waals surface area contributed by atoms with E-state index >= 15 is 0 Å². The van der Waals surface area contributed by atoms with Gasteiger partial charge in [-0.3, -0.25) is 10.1 Å². The van der Waals surface area contributed by atoms with Crippen LogP contribution in [-0.4, -0.2) is 16.0 Å². The zero-order chi connectivity index (χ0) is 15.6. The van der Waals surface area contributed by atoms with Gasteiger partial charge in [-0.25, -0.2) is 9.18 Å². The zero-order valence-corrected chi connectivity index (χ0v) is 12.6. The summed E-state index contributed by atoms with van der Waals surface area (Å²) in [6.45, 7) is 0. The van der Waals surface area contributed by atoms with Gasteiger partial charge in [0.2, 0.25) is 0 Å². The first-order valence-corrected chi connectivity index (χ1v) is 7.14. The highest BCUT2D eigenvalue weighted by molar-refractivity contribution is 9.10. The number of rotatable bonds is 4. The monoisotopic (exact) mass is 371 g/mol. The van der Waals surface area contributed by atoms with E-state index in [0.29, 0.717) is 4.47 Å². The van der Waals surface area contributed by atoms with Crippen LogP contribution in [0, 0.1) is 15.9 Å². The van der Waals surface area contributed by atoms with E-state index in [-0.39, 0.29) is 21.0 Å². The Hall–Kier alpha value is -1.93. The molecule has 8 heteroatoms. The van der Waals surface area contributed by atoms with Gasteiger partial charge in [-0.1, -0.05) is 27.7 Å². The third-order valence-corrected chi connectivity index (χ3v) is 4.11. The number of carbonyl (C=O) groups is 1. The fraction of sp³-hybridized carbons (Fsp3) is 0. The molecule has 0 aliphatic carbocycles. The van der Waals surface area contributed by atoms with Crippen LogP contribution in [0.15, 0.2) is 50.7 Å². The average Bonchev–Trinajstić information content (AvgIpc) is 2.42. The fourth-order valence-corrected chi connectivity index (χ4v) is 2.86. The fourth-order valence-electron chi connectivity index (χ4n) is 1.55. The van der Waals surface area contributed by atoms with Crippen molar-refractivity contribution in [1.82, 2.24) is 0 Å². The Morgan fingerprint density at radius 3 is 2.57 bits per heavy atom. The van der Waals surface area contributed by atoms with E-state index in [1.807, 2.05) is 0 Å². The normalized spacial score (nSPS) is 10.4. The molecule has 0 saturated carbocycles. The molecule has 21 heavy (non-hydrogen) atoms. The Kier molecular flexibility index (Phi) is 4.59. The van der Waals surface area contributed by atoms with Crippen LogP contribution in [0.25, 0.3) is 0 Å². The number of hydrogen-bond donors (Lipinski definition) is 1. The zero-order valence-electron chi connectivity index (χ0n) is 10.2. The Balaban J connectivity index is 2.45. The minimum absolute atomic E-state index is 0.0142. The molecule has 0 unspecified atom stereocenters. The number of nitrogens with zero attached hydrogens (tertiary/aromatic N) is 1. The van der Waals surface area contributed by atoms with Crippen molar-refractivity contribution in [1.29, 1.82) is 0 Å². The summed E-state index contributed by atoms with van der Waals surface area (Å²) in [6.07, 6.45) is 0. The molecule has 0 aromatic heterocycles. The van der Waals surface area contributed by atoms with Crippen molar-refractivity contribution in [2.75, 3.05) is 0 Å². The number of carboxylic acids is 1. The molecule has 108 valence electrons. The Labute approximate surface area is 131 Å². The molecule has 2 rings (SSSR count). The minimum atomic E-state index is -1.19. The number of hydrogen-bond acceptors (Lipinski definition) is 4. The lowest BCUT2D eigenvalue weighted by molar-refractivity contribution is -0.387. The Morgan fingerprint density at radius 1 is 1.24 bits per heavy atom. The van der Waals surface area contributed by atoms with Crippen molar-refractivity contribution in [3.8, 4) is 0 Å². The molecule has 0 amide bonds. The standard InChI is InChI=1S/C13H7BrFNO4S/c14-8-2-4-11(10(6-8)16(19)20)21-12-5-7(13(17)18)1-3-9(12)15/h1-6H,(H,17,18). The quantitative estimate of drug-likeness (QED) is 0.638. The molecule has 0 aliphatic rings. The summed E-state index contributed by atoms with van der Waals surface area (Å²) in [5.41, 5.74) is -0.270. The molecular formula is C13H7BrFNO4S. The van der Waals surface area contributed by atoms with Crippen LogP contribution in [0.4, 0.5) is 10.1 Å². The maximum absolute atomic E-state index is 13.7. The van der Waals surface area contributed by atoms with E-state index in [9.17, 15) is 19.3 Å². The summed E-state index contributed by atoms with van der Waals surface area (Å²) in [6, 6.07) is 7.68. The molecule has 0 atom stereocenters. The van der Waals surface area contributed by atoms with Gasteiger partial charge in [0.15, 0.2) is 0 Å². The Morgan fingerprint density at radius 2 is 1.95 bits per heavy atom. The molecule has 2 aromatic carbocycles. The molecule has 0 heterocycles. The number of benzene rings is 2. The van der Waals surface area contributed by atoms with Crippen molar-refractivity contribution in [3.63, 3.8) is 0 Å². The molecule has 0 spiro atoms. The molecule has 0 radical (unpaired) electrons. The van der Waals surface area contributed by atoms with Crippen LogP contribution in [0.5, 0.6) is 0 Å². The van der Waals surface area contributed by atoms with Crippen molar-refractivity contribution in [3.05, 3.63) is 62.4 Å². The van der Waals surface area contributed by atoms with Crippen LogP contribution in [0.3, 0.4) is 0 Å². The van der Waals surface area contributed by atoms with E-state index in [0.717, 1.165) is 30.0 Å². The van der Waals surface area contributed by atoms with Crippen LogP contribution in [-0.2, 0) is 0 Å². The number of carboxylic acid groups (broad SMARTS) is 1. The summed E-state index contributed by atoms with van der Waals surface area (Å²) in [4.78, 5) is 21.6. The third-order valence-electron chi connectivity index (χ3n) is 2.52. The summed E-state index contributed by atoms with van der Waals surface area (Å²) in [5.74, 6) is -1.83. The smallest absolute Gasteiger partial charge is 0.335 e. The van der Waals surface area contributed by atoms with Crippen LogP contribution >= 0.6 is 27.7 Å². The lowest BCUT2D eigenvalue weighted by atomic mass is 10.2. The summed E-state index contributed by atoms with van der Waals surface area (Å²) < 4.78 is 14.3. The SMILES string of the molecule is O=C(O)c1ccc(F)c(Sc2ccc(Br)cc2[N+](=O)[O-])c1. The van der Waals surface area contributed by atoms with Crippen molar-refractivity contribution in [2.45, 2.75) is 9.79 Å². The molecular weight excluding hydrogens is 365 g/mol. The topological polar surface area (TPSA) is 80.4 Å². The summed E-state index contributed by atoms with van der Waals surface area (Å²) >= 11 is 3.94. The van der Waals surface area contributed by atoms with Crippen molar-refractivity contribution >= 4 is 39.3 Å². The first-order valence-electron chi connectivity index (χ1n) is 5.53. The van der Waals surface area contributed by atoms with Gasteiger partial charge in [-0.05, 0) is 30.3 Å². The Bertz CT molecular complexity index is 738. The van der Waals surface area contributed by atoms with E-state index in [2.05, 4.69) is 15.9 Å². The second kappa shape index (κ2) is 6.23. The number of aromatic carboxylic acids is 1. The van der Waals surface area contributed by atoms with Crippen molar-refractivity contribution < 1.29 is 19.2 Å². The predicted octanol–water partition coefficient (Wildman–Crippen LogP) is 4.35. The van der Waals surface area contributed by atoms with Crippen LogP contribution in [0.1, 0.15) is 10.4 Å². The minimum Gasteiger partial charge on any atom is -0.478 e. The van der Waals surface area contributed by atoms with E-state index in [1.54, 1.807) is 6.07 Å². The van der Waals surface area contributed by atoms with E-state index in [4.69, 9.17) is 5.11 Å². The van der Waals surface area contributed by atoms with Gasteiger partial charge in [0, 0.05) is 15.4 Å². The highest BCUT2D eigenvalue weighted by Gasteiger charge is 2.18. The number of nitro benzene ring substituents is 1. The van der Waals surface area contributed by atoms with E-state index < -0.39 is 16.7 Å². The first-order chi connectivity index (χ1) is 9.88. The van der Waals surface area contributed by atoms with Crippen molar-refractivity contribution in [2.24, 2.45) is 0 Å². The molecule has 0 aliphatic heterocycles. The number of halogens is 2. The van der Waals surface area contributed by atoms with Gasteiger partial charge < -0.3 is 5.11 Å². The second-order valence-corrected chi connectivity index (χ2v) is 5.92. The highest BCUT2D eigenvalue weighted by Crippen LogP contribution is 2.37. The van der Waals surface area contributed by atoms with Gasteiger partial charge in [0.1, 0.15) is 5.82 Å². The van der Waals surface area contributed by atoms with Gasteiger partial charge >= 0.3 is 5.97 Å². The molecule has 2 aromatic rings. The maximum Gasteiger partial charge on any atom is 0.335 e. The molecule has 1 N–H and O–H groups in total. The molecule has 0 fully saturated rings. The second-order valence-electron chi connectivity index (χ2n) is 3.92. The van der Waals surface area contributed by atoms with E-state index in [1.165, 1.54) is 12.1 Å². The number of nitro groups is 1. The van der Waals surface area contributed by atoms with Gasteiger partial charge in [-0.15, -0.1) is 0 Å². The summed E-state index contributed by atoms with van der Waals surface area (Å²) in [7, 11) is 0. The third kappa shape index (κ3) is 3.59. The molecule has 0 bridgehead atoms. The van der Waals surface area contributed by atoms with Gasteiger partial charge in [-0.2, -0.15) is 0 Å². The summed E-state index contributed by atoms with van der Waals surface area (Å²) in [5, 5.41) is 19.9. The average molecular weight is 372 g/mol. The van der Waals surface area contributed by atoms with Gasteiger partial charge in [0.05, 0.1) is 15.4 Å². The largest absolute Gasteiger partial charge is 0.478 e. The van der Waals surface area contributed by atoms with Crippen LogP contribution in [0.2, 0.25) is 0 Å². The van der Waals surface area contributed by atoms with Gasteiger partial charge in [0.25, 0.3) is 5.69 Å². The molecule has 0 saturated heterocycles. The molecule has 5 nitrogen and oxygen atoms in total.